The number of carbonyl (C=O) groups is 2. The van der Waals surface area contributed by atoms with Gasteiger partial charge in [-0.1, -0.05) is 0 Å². The van der Waals surface area contributed by atoms with Crippen LogP contribution in [-0.4, -0.2) is 67.0 Å². The number of guanidine groups is 1. The van der Waals surface area contributed by atoms with Crippen LogP contribution in [0.3, 0.4) is 0 Å². The number of likely N-dealkylation sites (N-methyl/N-ethyl adjacent to an activating group) is 1. The first-order valence-electron chi connectivity index (χ1n) is 12.1. The Hall–Kier alpha value is -3.70. The Bertz CT molecular complexity index is 1050. The number of nitrogens with one attached hydrogen (secondary N) is 2. The van der Waals surface area contributed by atoms with Gasteiger partial charge >= 0.3 is 214 Å². The van der Waals surface area contributed by atoms with Crippen molar-refractivity contribution in [1.29, 1.82) is 5.41 Å². The van der Waals surface area contributed by atoms with Gasteiger partial charge in [-0.15, -0.1) is 0 Å². The molecule has 3 rings (SSSR count). The van der Waals surface area contributed by atoms with E-state index in [1.807, 2.05) is 23.1 Å². The van der Waals surface area contributed by atoms with Crippen LogP contribution in [0.25, 0.3) is 0 Å². The molecule has 0 radical (unpaired) electrons. The van der Waals surface area contributed by atoms with Gasteiger partial charge in [0.05, 0.1) is 0 Å². The molecule has 0 atom stereocenters. The van der Waals surface area contributed by atoms with Crippen molar-refractivity contribution in [2.45, 2.75) is 6.92 Å². The van der Waals surface area contributed by atoms with Crippen molar-refractivity contribution in [3.63, 3.8) is 0 Å². The van der Waals surface area contributed by atoms with Crippen molar-refractivity contribution in [3.8, 4) is 0 Å². The fraction of sp³-hybridized carbons (Fsp3) is 0.250. The summed E-state index contributed by atoms with van der Waals surface area (Å²) in [7, 11) is -0.865. The second-order valence-electron chi connectivity index (χ2n) is 8.85. The van der Waals surface area contributed by atoms with Crippen LogP contribution in [0, 0.1) is 5.41 Å². The molecule has 0 aliphatic heterocycles. The molecule has 0 saturated carbocycles. The predicted molar refractivity (Wildman–Crippen MR) is 151 cm³/mol. The minimum atomic E-state index is -2.45. The van der Waals surface area contributed by atoms with E-state index in [2.05, 4.69) is 78.1 Å². The molecule has 7 nitrogen and oxygen atoms in total. The van der Waals surface area contributed by atoms with Crippen LogP contribution in [0.1, 0.15) is 6.92 Å². The Morgan fingerprint density at radius 2 is 1.28 bits per heavy atom. The van der Waals surface area contributed by atoms with E-state index < -0.39 is 7.26 Å². The van der Waals surface area contributed by atoms with Crippen LogP contribution in [0.2, 0.25) is 0 Å². The van der Waals surface area contributed by atoms with Crippen LogP contribution in [0.15, 0.2) is 91.0 Å². The molecule has 0 heterocycles. The molecule has 0 bridgehead atoms. The Balaban J connectivity index is 1.85. The maximum atomic E-state index is 12.6. The van der Waals surface area contributed by atoms with Crippen LogP contribution in [-0.2, 0) is 9.59 Å². The van der Waals surface area contributed by atoms with Crippen molar-refractivity contribution in [3.05, 3.63) is 91.0 Å². The molecule has 0 saturated heterocycles. The van der Waals surface area contributed by atoms with Gasteiger partial charge in [-0.3, -0.25) is 0 Å². The molecule has 0 unspecified atom stereocenters. The van der Waals surface area contributed by atoms with E-state index in [4.69, 9.17) is 11.1 Å². The third-order valence-corrected chi connectivity index (χ3v) is 11.4. The van der Waals surface area contributed by atoms with Gasteiger partial charge in [0.25, 0.3) is 0 Å². The van der Waals surface area contributed by atoms with Crippen LogP contribution < -0.4 is 27.0 Å². The van der Waals surface area contributed by atoms with Gasteiger partial charge in [-0.2, -0.15) is 0 Å². The average Bonchev–Trinajstić information content (AvgIpc) is 2.89. The molecule has 4 N–H and O–H groups in total. The van der Waals surface area contributed by atoms with Crippen LogP contribution in [0.4, 0.5) is 0 Å². The summed E-state index contributed by atoms with van der Waals surface area (Å²) in [6.45, 7) is 2.89. The topological polar surface area (TPSA) is 103 Å². The zero-order chi connectivity index (χ0) is 26.0. The van der Waals surface area contributed by atoms with Gasteiger partial charge in [-0.25, -0.2) is 0 Å². The second kappa shape index (κ2) is 12.8. The Morgan fingerprint density at radius 1 is 0.833 bits per heavy atom. The number of amides is 2. The summed E-state index contributed by atoms with van der Waals surface area (Å²) in [6, 6.07) is 31.8. The molecular formula is C28H36N5O2P. The monoisotopic (exact) mass is 505 g/mol. The maximum absolute atomic E-state index is 12.6. The Kier molecular flexibility index (Phi) is 9.60. The van der Waals surface area contributed by atoms with E-state index in [1.54, 1.807) is 14.0 Å². The normalized spacial score (nSPS) is 11.4. The number of carbonyl (C=O) groups excluding carboxylic acids is 2. The molecule has 190 valence electrons. The summed E-state index contributed by atoms with van der Waals surface area (Å²) >= 11 is 0. The summed E-state index contributed by atoms with van der Waals surface area (Å²) in [5.74, 6) is -0.431. The van der Waals surface area contributed by atoms with Crippen molar-refractivity contribution >= 4 is 41.0 Å². The van der Waals surface area contributed by atoms with Gasteiger partial charge in [0, 0.05) is 0 Å². The van der Waals surface area contributed by atoms with Gasteiger partial charge in [-0.05, 0) is 0 Å². The fourth-order valence-electron chi connectivity index (χ4n) is 4.52. The number of nitrogens with two attached hydrogens (primary N) is 1. The molecule has 3 aromatic rings. The molecule has 36 heavy (non-hydrogen) atoms. The van der Waals surface area contributed by atoms with E-state index in [9.17, 15) is 9.59 Å². The third kappa shape index (κ3) is 6.70. The number of hydrogen-bond donors (Lipinski definition) is 3. The van der Waals surface area contributed by atoms with E-state index in [0.29, 0.717) is 19.6 Å². The first kappa shape index (κ1) is 26.9. The predicted octanol–water partition coefficient (Wildman–Crippen LogP) is 1.50. The molecule has 0 fully saturated rings. The summed E-state index contributed by atoms with van der Waals surface area (Å²) < 4.78 is 0. The molecule has 0 spiro atoms. The Labute approximate surface area is 214 Å². The number of rotatable bonds is 11. The van der Waals surface area contributed by atoms with Crippen molar-refractivity contribution in [2.24, 2.45) is 5.73 Å². The summed E-state index contributed by atoms with van der Waals surface area (Å²) in [4.78, 5) is 27.9. The van der Waals surface area contributed by atoms with E-state index in [0.717, 1.165) is 6.16 Å². The number of nitrogens with zero attached hydrogens (tertiary/aromatic N) is 2. The van der Waals surface area contributed by atoms with E-state index >= 15 is 0 Å². The van der Waals surface area contributed by atoms with Crippen molar-refractivity contribution < 1.29 is 9.59 Å². The number of hydrogen-bond acceptors (Lipinski definition) is 3. The minimum absolute atomic E-state index is 0.00144. The van der Waals surface area contributed by atoms with E-state index in [1.165, 1.54) is 20.8 Å². The summed E-state index contributed by atoms with van der Waals surface area (Å²) in [5.41, 5.74) is 5.41. The van der Waals surface area contributed by atoms with Gasteiger partial charge in [0.2, 0.25) is 0 Å². The first-order valence-corrected chi connectivity index (χ1v) is 14.3. The van der Waals surface area contributed by atoms with Gasteiger partial charge in [0.1, 0.15) is 0 Å². The van der Waals surface area contributed by atoms with E-state index in [-0.39, 0.29) is 24.3 Å². The second-order valence-corrected chi connectivity index (χ2v) is 12.9. The van der Waals surface area contributed by atoms with Crippen molar-refractivity contribution in [2.75, 3.05) is 39.4 Å². The molecular weight excluding hydrogens is 469 g/mol. The Morgan fingerprint density at radius 3 is 1.67 bits per heavy atom. The summed E-state index contributed by atoms with van der Waals surface area (Å²) in [5, 5.41) is 14.1. The molecule has 3 aromatic carbocycles. The van der Waals surface area contributed by atoms with Crippen LogP contribution in [0.5, 0.6) is 0 Å². The quantitative estimate of drug-likeness (QED) is 0.209. The van der Waals surface area contributed by atoms with Gasteiger partial charge in [0.15, 0.2) is 0 Å². The number of benzene rings is 3. The summed E-state index contributed by atoms with van der Waals surface area (Å²) in [6.07, 6.45) is 0.811. The third-order valence-electron chi connectivity index (χ3n) is 6.50. The standard InChI is InChI=1S/C28H36N5O2P/c1-23(34)33(19-18-31-27(35)22-32(2)28(29)30)20-21-36(24-12-6-3-7-13-24,25-14-8-4-9-15-25)26-16-10-5-11-17-26/h3-17,36H,18-22H2,1-2H3,(H3,29,30)(H,31,35). The average molecular weight is 506 g/mol. The molecule has 0 aliphatic carbocycles. The molecule has 2 amide bonds. The van der Waals surface area contributed by atoms with Crippen LogP contribution >= 0.6 is 7.26 Å². The first-order chi connectivity index (χ1) is 17.3. The molecule has 8 heteroatoms. The van der Waals surface area contributed by atoms with Gasteiger partial charge < -0.3 is 0 Å². The van der Waals surface area contributed by atoms with Crippen molar-refractivity contribution in [1.82, 2.24) is 15.1 Å². The molecule has 0 aromatic heterocycles. The molecule has 0 aliphatic rings. The zero-order valence-corrected chi connectivity index (χ0v) is 22.0. The fourth-order valence-corrected chi connectivity index (χ4v) is 9.27. The zero-order valence-electron chi connectivity index (χ0n) is 21.0. The SMILES string of the molecule is CC(=O)N(CCNC(=O)CN(C)C(=N)N)CC[PH](c1ccccc1)(c1ccccc1)c1ccccc1.